The zero-order valence-electron chi connectivity index (χ0n) is 17.3. The second kappa shape index (κ2) is 9.43. The Kier molecular flexibility index (Phi) is 6.72. The van der Waals surface area contributed by atoms with Gasteiger partial charge in [0.05, 0.1) is 31.0 Å². The molecule has 158 valence electrons. The SMILES string of the molecule is COC(=O)c1ccc(C(=O)OC)c(NC(=O)[C@@H](C)Oc2ccc3c(c2)CCCC3)c1. The Morgan fingerprint density at radius 2 is 1.60 bits per heavy atom. The van der Waals surface area contributed by atoms with Crippen LogP contribution in [0, 0.1) is 0 Å². The molecule has 0 heterocycles. The first-order chi connectivity index (χ1) is 14.4. The van der Waals surface area contributed by atoms with E-state index in [1.165, 1.54) is 50.0 Å². The van der Waals surface area contributed by atoms with Gasteiger partial charge in [-0.15, -0.1) is 0 Å². The van der Waals surface area contributed by atoms with Crippen molar-refractivity contribution in [1.82, 2.24) is 0 Å². The van der Waals surface area contributed by atoms with E-state index < -0.39 is 23.9 Å². The van der Waals surface area contributed by atoms with Crippen molar-refractivity contribution < 1.29 is 28.6 Å². The lowest BCUT2D eigenvalue weighted by molar-refractivity contribution is -0.122. The summed E-state index contributed by atoms with van der Waals surface area (Å²) in [6, 6.07) is 10.1. The fourth-order valence-electron chi connectivity index (χ4n) is 3.46. The lowest BCUT2D eigenvalue weighted by atomic mass is 9.92. The summed E-state index contributed by atoms with van der Waals surface area (Å²) in [5.41, 5.74) is 3.05. The minimum atomic E-state index is -0.820. The molecule has 0 radical (unpaired) electrons. The van der Waals surface area contributed by atoms with Crippen LogP contribution in [0.5, 0.6) is 5.75 Å². The molecule has 2 aromatic carbocycles. The van der Waals surface area contributed by atoms with Crippen molar-refractivity contribution in [1.29, 1.82) is 0 Å². The van der Waals surface area contributed by atoms with E-state index in [0.717, 1.165) is 19.3 Å². The van der Waals surface area contributed by atoms with Crippen molar-refractivity contribution in [2.75, 3.05) is 19.5 Å². The van der Waals surface area contributed by atoms with Gasteiger partial charge in [0.1, 0.15) is 5.75 Å². The molecule has 0 spiro atoms. The molecule has 0 aromatic heterocycles. The van der Waals surface area contributed by atoms with Crippen LogP contribution in [0.3, 0.4) is 0 Å². The zero-order chi connectivity index (χ0) is 21.7. The molecular formula is C23H25NO6. The number of rotatable bonds is 6. The van der Waals surface area contributed by atoms with Crippen molar-refractivity contribution in [3.8, 4) is 5.75 Å². The predicted octanol–water partition coefficient (Wildman–Crippen LogP) is 3.54. The topological polar surface area (TPSA) is 90.9 Å². The van der Waals surface area contributed by atoms with E-state index in [9.17, 15) is 14.4 Å². The van der Waals surface area contributed by atoms with E-state index in [1.54, 1.807) is 6.92 Å². The summed E-state index contributed by atoms with van der Waals surface area (Å²) in [5, 5.41) is 2.65. The van der Waals surface area contributed by atoms with Crippen LogP contribution in [0.15, 0.2) is 36.4 Å². The van der Waals surface area contributed by atoms with Gasteiger partial charge < -0.3 is 19.5 Å². The molecule has 0 saturated heterocycles. The van der Waals surface area contributed by atoms with E-state index in [-0.39, 0.29) is 16.8 Å². The molecule has 0 fully saturated rings. The van der Waals surface area contributed by atoms with Gasteiger partial charge in [0, 0.05) is 0 Å². The number of methoxy groups -OCH3 is 2. The maximum Gasteiger partial charge on any atom is 0.339 e. The van der Waals surface area contributed by atoms with Gasteiger partial charge >= 0.3 is 11.9 Å². The van der Waals surface area contributed by atoms with E-state index >= 15 is 0 Å². The van der Waals surface area contributed by atoms with E-state index in [2.05, 4.69) is 5.32 Å². The summed E-state index contributed by atoms with van der Waals surface area (Å²) in [4.78, 5) is 36.6. The third kappa shape index (κ3) is 4.79. The Bertz CT molecular complexity index is 968. The van der Waals surface area contributed by atoms with Crippen molar-refractivity contribution in [2.45, 2.75) is 38.7 Å². The minimum absolute atomic E-state index is 0.125. The average Bonchev–Trinajstić information content (AvgIpc) is 2.77. The van der Waals surface area contributed by atoms with Crippen molar-refractivity contribution in [3.05, 3.63) is 58.7 Å². The molecule has 2 aromatic rings. The number of esters is 2. The number of aryl methyl sites for hydroxylation is 2. The van der Waals surface area contributed by atoms with Crippen LogP contribution in [0.4, 0.5) is 5.69 Å². The van der Waals surface area contributed by atoms with E-state index in [4.69, 9.17) is 14.2 Å². The highest BCUT2D eigenvalue weighted by Crippen LogP contribution is 2.26. The summed E-state index contributed by atoms with van der Waals surface area (Å²) in [6.45, 7) is 1.62. The smallest absolute Gasteiger partial charge is 0.339 e. The van der Waals surface area contributed by atoms with Gasteiger partial charge in [-0.3, -0.25) is 4.79 Å². The second-order valence-corrected chi connectivity index (χ2v) is 7.13. The lowest BCUT2D eigenvalue weighted by Gasteiger charge is -2.19. The molecule has 1 aliphatic rings. The molecule has 3 rings (SSSR count). The highest BCUT2D eigenvalue weighted by molar-refractivity contribution is 6.04. The highest BCUT2D eigenvalue weighted by atomic mass is 16.5. The van der Waals surface area contributed by atoms with E-state index in [1.807, 2.05) is 18.2 Å². The largest absolute Gasteiger partial charge is 0.481 e. The molecular weight excluding hydrogens is 386 g/mol. The van der Waals surface area contributed by atoms with Gasteiger partial charge in [-0.1, -0.05) is 6.07 Å². The number of ether oxygens (including phenoxy) is 3. The van der Waals surface area contributed by atoms with Crippen LogP contribution in [0.2, 0.25) is 0 Å². The fraction of sp³-hybridized carbons (Fsp3) is 0.348. The highest BCUT2D eigenvalue weighted by Gasteiger charge is 2.21. The van der Waals surface area contributed by atoms with Crippen molar-refractivity contribution in [3.63, 3.8) is 0 Å². The van der Waals surface area contributed by atoms with Gasteiger partial charge in [-0.25, -0.2) is 9.59 Å². The molecule has 1 N–H and O–H groups in total. The molecule has 1 amide bonds. The number of nitrogens with one attached hydrogen (secondary N) is 1. The van der Waals surface area contributed by atoms with Crippen LogP contribution in [-0.2, 0) is 27.1 Å². The van der Waals surface area contributed by atoms with Crippen molar-refractivity contribution >= 4 is 23.5 Å². The molecule has 0 unspecified atom stereocenters. The first-order valence-corrected chi connectivity index (χ1v) is 9.83. The number of benzene rings is 2. The maximum atomic E-state index is 12.7. The third-order valence-corrected chi connectivity index (χ3v) is 5.11. The number of anilines is 1. The number of fused-ring (bicyclic) bond motifs is 1. The monoisotopic (exact) mass is 411 g/mol. The Labute approximate surface area is 175 Å². The maximum absolute atomic E-state index is 12.7. The van der Waals surface area contributed by atoms with Gasteiger partial charge in [0.2, 0.25) is 0 Å². The van der Waals surface area contributed by atoms with Crippen molar-refractivity contribution in [2.24, 2.45) is 0 Å². The minimum Gasteiger partial charge on any atom is -0.481 e. The van der Waals surface area contributed by atoms with Crippen LogP contribution < -0.4 is 10.1 Å². The quantitative estimate of drug-likeness (QED) is 0.731. The number of carbonyl (C=O) groups is 3. The normalized spacial score (nSPS) is 13.6. The van der Waals surface area contributed by atoms with Gasteiger partial charge in [0.15, 0.2) is 6.10 Å². The molecule has 7 heteroatoms. The summed E-state index contributed by atoms with van der Waals surface area (Å²) in [6.07, 6.45) is 3.60. The van der Waals surface area contributed by atoms with Gasteiger partial charge in [-0.2, -0.15) is 0 Å². The Hall–Kier alpha value is -3.35. The first-order valence-electron chi connectivity index (χ1n) is 9.83. The molecule has 0 saturated carbocycles. The summed E-state index contributed by atoms with van der Waals surface area (Å²) in [7, 11) is 2.49. The zero-order valence-corrected chi connectivity index (χ0v) is 17.3. The molecule has 1 aliphatic carbocycles. The van der Waals surface area contributed by atoms with Crippen LogP contribution in [0.1, 0.15) is 51.6 Å². The van der Waals surface area contributed by atoms with Crippen LogP contribution >= 0.6 is 0 Å². The standard InChI is InChI=1S/C23H25NO6/c1-14(30-18-10-8-15-6-4-5-7-16(15)12-18)21(25)24-20-13-17(22(26)28-2)9-11-19(20)23(27)29-3/h8-14H,4-7H2,1-3H3,(H,24,25)/t14-/m1/s1. The summed E-state index contributed by atoms with van der Waals surface area (Å²) >= 11 is 0. The summed E-state index contributed by atoms with van der Waals surface area (Å²) in [5.74, 6) is -1.06. The fourth-order valence-corrected chi connectivity index (χ4v) is 3.46. The second-order valence-electron chi connectivity index (χ2n) is 7.13. The third-order valence-electron chi connectivity index (χ3n) is 5.11. The molecule has 30 heavy (non-hydrogen) atoms. The predicted molar refractivity (Wildman–Crippen MR) is 111 cm³/mol. The Morgan fingerprint density at radius 1 is 0.900 bits per heavy atom. The number of hydrogen-bond donors (Lipinski definition) is 1. The number of hydrogen-bond acceptors (Lipinski definition) is 6. The van der Waals surface area contributed by atoms with E-state index in [0.29, 0.717) is 5.75 Å². The lowest BCUT2D eigenvalue weighted by Crippen LogP contribution is -2.31. The number of carbonyl (C=O) groups excluding carboxylic acids is 3. The number of amides is 1. The van der Waals surface area contributed by atoms with Crippen LogP contribution in [0.25, 0.3) is 0 Å². The Balaban J connectivity index is 1.77. The molecule has 0 bridgehead atoms. The van der Waals surface area contributed by atoms with Gasteiger partial charge in [0.25, 0.3) is 5.91 Å². The molecule has 0 aliphatic heterocycles. The molecule has 7 nitrogen and oxygen atoms in total. The first kappa shape index (κ1) is 21.4. The Morgan fingerprint density at radius 3 is 2.30 bits per heavy atom. The average molecular weight is 411 g/mol. The molecule has 1 atom stereocenters. The van der Waals surface area contributed by atoms with Crippen LogP contribution in [-0.4, -0.2) is 38.2 Å². The van der Waals surface area contributed by atoms with Gasteiger partial charge in [-0.05, 0) is 74.1 Å². The summed E-state index contributed by atoms with van der Waals surface area (Å²) < 4.78 is 15.3.